The zero-order chi connectivity index (χ0) is 18.8. The normalized spacial score (nSPS) is 13.8. The highest BCUT2D eigenvalue weighted by Crippen LogP contribution is 2.28. The van der Waals surface area contributed by atoms with E-state index < -0.39 is 0 Å². The number of hydrogen-bond acceptors (Lipinski definition) is 3. The fraction of sp³-hybridized carbons (Fsp3) is 0.238. The van der Waals surface area contributed by atoms with Crippen molar-refractivity contribution in [2.45, 2.75) is 12.8 Å². The summed E-state index contributed by atoms with van der Waals surface area (Å²) in [5.74, 6) is 0.723. The van der Waals surface area contributed by atoms with E-state index in [0.717, 1.165) is 37.2 Å². The molecule has 0 atom stereocenters. The molecular weight excluding hydrogens is 362 g/mol. The summed E-state index contributed by atoms with van der Waals surface area (Å²) >= 11 is 6.39. The third-order valence-corrected chi connectivity index (χ3v) is 5.09. The highest BCUT2D eigenvalue weighted by atomic mass is 35.5. The van der Waals surface area contributed by atoms with Crippen LogP contribution >= 0.6 is 11.6 Å². The summed E-state index contributed by atoms with van der Waals surface area (Å²) < 4.78 is 6.97. The van der Waals surface area contributed by atoms with Gasteiger partial charge in [0.1, 0.15) is 11.4 Å². The molecule has 6 heteroatoms. The molecule has 1 fully saturated rings. The average molecular weight is 382 g/mol. The molecule has 2 heterocycles. The fourth-order valence-corrected chi connectivity index (χ4v) is 3.56. The van der Waals surface area contributed by atoms with E-state index in [4.69, 9.17) is 21.4 Å². The van der Waals surface area contributed by atoms with Crippen LogP contribution in [0.2, 0.25) is 5.02 Å². The summed E-state index contributed by atoms with van der Waals surface area (Å²) in [6.45, 7) is 1.56. The Hall–Kier alpha value is -2.79. The third-order valence-electron chi connectivity index (χ3n) is 4.77. The maximum absolute atomic E-state index is 13.1. The van der Waals surface area contributed by atoms with E-state index in [9.17, 15) is 4.79 Å². The third kappa shape index (κ3) is 3.43. The number of benzene rings is 2. The largest absolute Gasteiger partial charge is 0.497 e. The summed E-state index contributed by atoms with van der Waals surface area (Å²) in [7, 11) is 1.63. The molecule has 0 radical (unpaired) electrons. The zero-order valence-electron chi connectivity index (χ0n) is 15.1. The van der Waals surface area contributed by atoms with Gasteiger partial charge in [-0.25, -0.2) is 4.68 Å². The van der Waals surface area contributed by atoms with Gasteiger partial charge in [0, 0.05) is 18.7 Å². The van der Waals surface area contributed by atoms with Gasteiger partial charge >= 0.3 is 0 Å². The number of carbonyl (C=O) groups excluding carboxylic acids is 1. The number of aromatic nitrogens is 2. The molecule has 0 N–H and O–H groups in total. The summed E-state index contributed by atoms with van der Waals surface area (Å²) in [6.07, 6.45) is 2.07. The van der Waals surface area contributed by atoms with E-state index >= 15 is 0 Å². The molecule has 1 saturated heterocycles. The summed E-state index contributed by atoms with van der Waals surface area (Å²) in [5, 5.41) is 5.26. The van der Waals surface area contributed by atoms with Gasteiger partial charge in [-0.3, -0.25) is 4.79 Å². The number of nitrogens with zero attached hydrogens (tertiary/aromatic N) is 3. The fourth-order valence-electron chi connectivity index (χ4n) is 3.35. The second kappa shape index (κ2) is 7.45. The maximum Gasteiger partial charge on any atom is 0.272 e. The molecule has 1 aromatic heterocycles. The summed E-state index contributed by atoms with van der Waals surface area (Å²) in [4.78, 5) is 15.0. The Balaban J connectivity index is 1.84. The van der Waals surface area contributed by atoms with Crippen LogP contribution in [-0.2, 0) is 0 Å². The van der Waals surface area contributed by atoms with Crippen molar-refractivity contribution in [1.29, 1.82) is 0 Å². The molecule has 3 aromatic rings. The zero-order valence-corrected chi connectivity index (χ0v) is 15.8. The van der Waals surface area contributed by atoms with E-state index in [2.05, 4.69) is 0 Å². The quantitative estimate of drug-likeness (QED) is 0.671. The van der Waals surface area contributed by atoms with Crippen LogP contribution in [0.1, 0.15) is 23.3 Å². The van der Waals surface area contributed by atoms with Gasteiger partial charge in [-0.2, -0.15) is 5.10 Å². The van der Waals surface area contributed by atoms with Gasteiger partial charge in [-0.1, -0.05) is 35.9 Å². The molecule has 0 unspecified atom stereocenters. The number of carbonyl (C=O) groups is 1. The molecule has 0 aliphatic carbocycles. The van der Waals surface area contributed by atoms with Crippen molar-refractivity contribution < 1.29 is 9.53 Å². The van der Waals surface area contributed by atoms with Crippen LogP contribution in [-0.4, -0.2) is 40.8 Å². The molecule has 0 saturated carbocycles. The molecule has 138 valence electrons. The highest BCUT2D eigenvalue weighted by molar-refractivity contribution is 6.32. The average Bonchev–Trinajstić information content (AvgIpc) is 3.38. The lowest BCUT2D eigenvalue weighted by atomic mass is 10.1. The number of ether oxygens (including phenoxy) is 1. The lowest BCUT2D eigenvalue weighted by Gasteiger charge is -2.16. The van der Waals surface area contributed by atoms with Crippen LogP contribution < -0.4 is 4.74 Å². The Labute approximate surface area is 163 Å². The van der Waals surface area contributed by atoms with Gasteiger partial charge in [-0.15, -0.1) is 0 Å². The van der Waals surface area contributed by atoms with Crippen molar-refractivity contribution in [1.82, 2.24) is 14.7 Å². The number of amides is 1. The Morgan fingerprint density at radius 3 is 2.59 bits per heavy atom. The first-order chi connectivity index (χ1) is 13.2. The van der Waals surface area contributed by atoms with Crippen LogP contribution in [0.5, 0.6) is 5.75 Å². The second-order valence-electron chi connectivity index (χ2n) is 6.51. The first-order valence-electron chi connectivity index (χ1n) is 8.96. The minimum atomic E-state index is -0.0194. The first kappa shape index (κ1) is 17.6. The lowest BCUT2D eigenvalue weighted by Crippen LogP contribution is -2.29. The molecule has 27 heavy (non-hydrogen) atoms. The molecule has 4 rings (SSSR count). The highest BCUT2D eigenvalue weighted by Gasteiger charge is 2.25. The van der Waals surface area contributed by atoms with Crippen molar-refractivity contribution >= 4 is 17.5 Å². The maximum atomic E-state index is 13.1. The minimum Gasteiger partial charge on any atom is -0.497 e. The number of methoxy groups -OCH3 is 1. The van der Waals surface area contributed by atoms with Crippen molar-refractivity contribution in [3.8, 4) is 22.7 Å². The van der Waals surface area contributed by atoms with Crippen molar-refractivity contribution in [3.63, 3.8) is 0 Å². The van der Waals surface area contributed by atoms with Crippen molar-refractivity contribution in [3.05, 3.63) is 65.3 Å². The van der Waals surface area contributed by atoms with Crippen molar-refractivity contribution in [2.24, 2.45) is 0 Å². The number of hydrogen-bond donors (Lipinski definition) is 0. The van der Waals surface area contributed by atoms with Crippen LogP contribution in [0.3, 0.4) is 0 Å². The molecule has 2 aromatic carbocycles. The second-order valence-corrected chi connectivity index (χ2v) is 6.92. The number of halogens is 1. The molecular formula is C21H20ClN3O2. The Bertz CT molecular complexity index is 977. The van der Waals surface area contributed by atoms with E-state index in [1.807, 2.05) is 53.4 Å². The van der Waals surface area contributed by atoms with E-state index in [1.54, 1.807) is 17.9 Å². The molecule has 1 amide bonds. The number of rotatable bonds is 4. The van der Waals surface area contributed by atoms with E-state index in [1.165, 1.54) is 0 Å². The van der Waals surface area contributed by atoms with Gasteiger partial charge in [0.2, 0.25) is 0 Å². The Morgan fingerprint density at radius 2 is 1.85 bits per heavy atom. The smallest absolute Gasteiger partial charge is 0.272 e. The van der Waals surface area contributed by atoms with Crippen LogP contribution in [0.4, 0.5) is 0 Å². The number of para-hydroxylation sites is 1. The SMILES string of the molecule is COc1cccc(-c2cc(C(=O)N3CCCC3)n(-c3ccccc3Cl)n2)c1. The van der Waals surface area contributed by atoms with Crippen molar-refractivity contribution in [2.75, 3.05) is 20.2 Å². The monoisotopic (exact) mass is 381 g/mol. The van der Waals surface area contributed by atoms with Gasteiger partial charge in [0.15, 0.2) is 0 Å². The van der Waals surface area contributed by atoms with E-state index in [-0.39, 0.29) is 5.91 Å². The minimum absolute atomic E-state index is 0.0194. The van der Waals surface area contributed by atoms with E-state index in [0.29, 0.717) is 22.1 Å². The van der Waals surface area contributed by atoms with Crippen LogP contribution in [0.15, 0.2) is 54.6 Å². The molecule has 1 aliphatic heterocycles. The topological polar surface area (TPSA) is 47.4 Å². The van der Waals surface area contributed by atoms with Crippen LogP contribution in [0.25, 0.3) is 16.9 Å². The number of likely N-dealkylation sites (tertiary alicyclic amines) is 1. The predicted molar refractivity (Wildman–Crippen MR) is 106 cm³/mol. The van der Waals surface area contributed by atoms with Gasteiger partial charge < -0.3 is 9.64 Å². The van der Waals surface area contributed by atoms with Gasteiger partial charge in [-0.05, 0) is 43.2 Å². The first-order valence-corrected chi connectivity index (χ1v) is 9.34. The lowest BCUT2D eigenvalue weighted by molar-refractivity contribution is 0.0784. The summed E-state index contributed by atoms with van der Waals surface area (Å²) in [5.41, 5.74) is 2.80. The molecule has 1 aliphatic rings. The van der Waals surface area contributed by atoms with Gasteiger partial charge in [0.05, 0.1) is 23.5 Å². The molecule has 0 bridgehead atoms. The van der Waals surface area contributed by atoms with Gasteiger partial charge in [0.25, 0.3) is 5.91 Å². The predicted octanol–water partition coefficient (Wildman–Crippen LogP) is 4.44. The summed E-state index contributed by atoms with van der Waals surface area (Å²) in [6, 6.07) is 16.9. The molecule has 0 spiro atoms. The Morgan fingerprint density at radius 1 is 1.07 bits per heavy atom. The molecule has 5 nitrogen and oxygen atoms in total. The van der Waals surface area contributed by atoms with Crippen LogP contribution in [0, 0.1) is 0 Å². The Kier molecular flexibility index (Phi) is 4.86. The standard InChI is InChI=1S/C21H20ClN3O2/c1-27-16-8-6-7-15(13-16)18-14-20(21(26)24-11-4-5-12-24)25(23-18)19-10-3-2-9-17(19)22/h2-3,6-10,13-14H,4-5,11-12H2,1H3.